The fraction of sp³-hybridized carbons (Fsp3) is 0.333. The number of allylic oxidation sites excluding steroid dienone is 3. The minimum absolute atomic E-state index is 0.866. The summed E-state index contributed by atoms with van der Waals surface area (Å²) in [5.74, 6) is 0. The van der Waals surface area contributed by atoms with Gasteiger partial charge >= 0.3 is 0 Å². The van der Waals surface area contributed by atoms with Gasteiger partial charge in [-0.3, -0.25) is 0 Å². The van der Waals surface area contributed by atoms with Crippen LogP contribution in [0.25, 0.3) is 0 Å². The van der Waals surface area contributed by atoms with Crippen LogP contribution in [0.15, 0.2) is 42.6 Å². The molecule has 0 heterocycles. The minimum Gasteiger partial charge on any atom is -0.385 e. The third-order valence-corrected chi connectivity index (χ3v) is 2.71. The van der Waals surface area contributed by atoms with Crippen LogP contribution < -0.4 is 5.32 Å². The molecule has 16 heavy (non-hydrogen) atoms. The summed E-state index contributed by atoms with van der Waals surface area (Å²) in [4.78, 5) is 0. The maximum absolute atomic E-state index is 3.85. The zero-order valence-electron chi connectivity index (χ0n) is 10.5. The second-order valence-corrected chi connectivity index (χ2v) is 4.11. The van der Waals surface area contributed by atoms with Crippen molar-refractivity contribution in [2.75, 3.05) is 0 Å². The number of hydrogen-bond acceptors (Lipinski definition) is 1. The SMILES string of the molecule is C=C(C)NCc1cccc(C/C=C\C)c1C. The van der Waals surface area contributed by atoms with Crippen LogP contribution in [0, 0.1) is 6.92 Å². The molecular formula is C15H21N. The lowest BCUT2D eigenvalue weighted by Crippen LogP contribution is -2.11. The van der Waals surface area contributed by atoms with Crippen molar-refractivity contribution >= 4 is 0 Å². The molecule has 0 fully saturated rings. The first-order valence-corrected chi connectivity index (χ1v) is 5.73. The van der Waals surface area contributed by atoms with Gasteiger partial charge in [-0.05, 0) is 43.9 Å². The average molecular weight is 215 g/mol. The predicted molar refractivity (Wildman–Crippen MR) is 71.4 cm³/mol. The van der Waals surface area contributed by atoms with Gasteiger partial charge in [-0.15, -0.1) is 0 Å². The third kappa shape index (κ3) is 3.58. The molecule has 0 spiro atoms. The van der Waals surface area contributed by atoms with Crippen molar-refractivity contribution in [1.29, 1.82) is 0 Å². The van der Waals surface area contributed by atoms with E-state index in [1.165, 1.54) is 16.7 Å². The zero-order chi connectivity index (χ0) is 12.0. The maximum Gasteiger partial charge on any atom is 0.0400 e. The molecule has 0 bridgehead atoms. The molecule has 1 heteroatoms. The highest BCUT2D eigenvalue weighted by Crippen LogP contribution is 2.15. The van der Waals surface area contributed by atoms with Crippen molar-refractivity contribution in [1.82, 2.24) is 5.32 Å². The van der Waals surface area contributed by atoms with Crippen LogP contribution in [0.1, 0.15) is 30.5 Å². The van der Waals surface area contributed by atoms with E-state index in [4.69, 9.17) is 0 Å². The molecule has 0 radical (unpaired) electrons. The van der Waals surface area contributed by atoms with Crippen LogP contribution >= 0.6 is 0 Å². The first-order chi connectivity index (χ1) is 7.65. The lowest BCUT2D eigenvalue weighted by atomic mass is 10.00. The van der Waals surface area contributed by atoms with E-state index >= 15 is 0 Å². The van der Waals surface area contributed by atoms with Gasteiger partial charge in [0.1, 0.15) is 0 Å². The Labute approximate surface area is 98.9 Å². The molecule has 0 aliphatic heterocycles. The first-order valence-electron chi connectivity index (χ1n) is 5.73. The molecule has 1 aromatic carbocycles. The van der Waals surface area contributed by atoms with Gasteiger partial charge in [-0.25, -0.2) is 0 Å². The fourth-order valence-corrected chi connectivity index (χ4v) is 1.64. The largest absolute Gasteiger partial charge is 0.385 e. The Morgan fingerprint density at radius 1 is 1.38 bits per heavy atom. The van der Waals surface area contributed by atoms with Crippen LogP contribution in [0.3, 0.4) is 0 Å². The number of nitrogens with one attached hydrogen (secondary N) is 1. The quantitative estimate of drug-likeness (QED) is 0.738. The van der Waals surface area contributed by atoms with E-state index in [2.05, 4.69) is 56.1 Å². The van der Waals surface area contributed by atoms with E-state index in [1.807, 2.05) is 6.92 Å². The molecule has 0 atom stereocenters. The van der Waals surface area contributed by atoms with Crippen molar-refractivity contribution in [3.63, 3.8) is 0 Å². The van der Waals surface area contributed by atoms with Crippen molar-refractivity contribution < 1.29 is 0 Å². The fourth-order valence-electron chi connectivity index (χ4n) is 1.64. The lowest BCUT2D eigenvalue weighted by molar-refractivity contribution is 0.808. The predicted octanol–water partition coefficient (Wildman–Crippen LogP) is 3.74. The lowest BCUT2D eigenvalue weighted by Gasteiger charge is -2.11. The van der Waals surface area contributed by atoms with Crippen molar-refractivity contribution in [3.8, 4) is 0 Å². The highest BCUT2D eigenvalue weighted by molar-refractivity contribution is 5.35. The van der Waals surface area contributed by atoms with Gasteiger partial charge in [0.2, 0.25) is 0 Å². The minimum atomic E-state index is 0.866. The van der Waals surface area contributed by atoms with E-state index in [0.717, 1.165) is 18.7 Å². The molecule has 0 aliphatic carbocycles. The Bertz CT molecular complexity index is 388. The number of benzene rings is 1. The van der Waals surface area contributed by atoms with E-state index in [1.54, 1.807) is 0 Å². The van der Waals surface area contributed by atoms with Gasteiger partial charge in [0.05, 0.1) is 0 Å². The summed E-state index contributed by atoms with van der Waals surface area (Å²) in [6.45, 7) is 10.9. The first kappa shape index (κ1) is 12.6. The maximum atomic E-state index is 3.85. The van der Waals surface area contributed by atoms with Crippen LogP contribution in [-0.2, 0) is 13.0 Å². The molecule has 86 valence electrons. The normalized spacial score (nSPS) is 10.7. The van der Waals surface area contributed by atoms with Gasteiger partial charge in [0, 0.05) is 12.2 Å². The number of hydrogen-bond donors (Lipinski definition) is 1. The van der Waals surface area contributed by atoms with Crippen LogP contribution in [0.2, 0.25) is 0 Å². The molecule has 0 aromatic heterocycles. The van der Waals surface area contributed by atoms with Gasteiger partial charge < -0.3 is 5.32 Å². The van der Waals surface area contributed by atoms with E-state index < -0.39 is 0 Å². The molecule has 0 aliphatic rings. The standard InChI is InChI=1S/C15H21N/c1-5-6-8-14-9-7-10-15(13(14)4)11-16-12(2)3/h5-7,9-10,16H,2,8,11H2,1,3-4H3/b6-5-. The summed E-state index contributed by atoms with van der Waals surface area (Å²) in [5, 5.41) is 3.27. The van der Waals surface area contributed by atoms with Crippen molar-refractivity contribution in [3.05, 3.63) is 59.3 Å². The molecule has 0 amide bonds. The summed E-state index contributed by atoms with van der Waals surface area (Å²) in [7, 11) is 0. The Morgan fingerprint density at radius 2 is 2.06 bits per heavy atom. The Kier molecular flexibility index (Phi) is 4.84. The second-order valence-electron chi connectivity index (χ2n) is 4.11. The van der Waals surface area contributed by atoms with Crippen molar-refractivity contribution in [2.45, 2.75) is 33.7 Å². The summed E-state index contributed by atoms with van der Waals surface area (Å²) in [6, 6.07) is 6.49. The molecule has 0 unspecified atom stereocenters. The molecular weight excluding hydrogens is 194 g/mol. The monoisotopic (exact) mass is 215 g/mol. The van der Waals surface area contributed by atoms with E-state index in [-0.39, 0.29) is 0 Å². The number of rotatable bonds is 5. The summed E-state index contributed by atoms with van der Waals surface area (Å²) in [6.07, 6.45) is 5.31. The Balaban J connectivity index is 2.81. The zero-order valence-corrected chi connectivity index (χ0v) is 10.5. The summed E-state index contributed by atoms with van der Waals surface area (Å²) >= 11 is 0. The van der Waals surface area contributed by atoms with Crippen LogP contribution in [-0.4, -0.2) is 0 Å². The summed E-state index contributed by atoms with van der Waals surface area (Å²) in [5.41, 5.74) is 5.15. The van der Waals surface area contributed by atoms with Gasteiger partial charge in [-0.2, -0.15) is 0 Å². The Morgan fingerprint density at radius 3 is 2.69 bits per heavy atom. The molecule has 1 rings (SSSR count). The molecule has 0 saturated carbocycles. The van der Waals surface area contributed by atoms with Gasteiger partial charge in [0.15, 0.2) is 0 Å². The highest BCUT2D eigenvalue weighted by Gasteiger charge is 2.02. The molecule has 1 nitrogen and oxygen atoms in total. The third-order valence-electron chi connectivity index (χ3n) is 2.71. The smallest absolute Gasteiger partial charge is 0.0400 e. The summed E-state index contributed by atoms with van der Waals surface area (Å²) < 4.78 is 0. The van der Waals surface area contributed by atoms with Gasteiger partial charge in [-0.1, -0.05) is 36.9 Å². The van der Waals surface area contributed by atoms with E-state index in [9.17, 15) is 0 Å². The molecule has 1 aromatic rings. The Hall–Kier alpha value is -1.50. The highest BCUT2D eigenvalue weighted by atomic mass is 14.9. The van der Waals surface area contributed by atoms with Crippen LogP contribution in [0.5, 0.6) is 0 Å². The molecule has 1 N–H and O–H groups in total. The topological polar surface area (TPSA) is 12.0 Å². The van der Waals surface area contributed by atoms with Gasteiger partial charge in [0.25, 0.3) is 0 Å². The van der Waals surface area contributed by atoms with E-state index in [0.29, 0.717) is 0 Å². The average Bonchev–Trinajstić information content (AvgIpc) is 2.26. The van der Waals surface area contributed by atoms with Crippen molar-refractivity contribution in [2.24, 2.45) is 0 Å². The van der Waals surface area contributed by atoms with Crippen LogP contribution in [0.4, 0.5) is 0 Å². The molecule has 0 saturated heterocycles. The second kappa shape index (κ2) is 6.16.